The molecule has 1 heteroatoms. The van der Waals surface area contributed by atoms with Crippen LogP contribution in [0.2, 0.25) is 0 Å². The van der Waals surface area contributed by atoms with Crippen molar-refractivity contribution in [2.75, 3.05) is 0 Å². The molecule has 3 aliphatic rings. The molecule has 0 radical (unpaired) electrons. The minimum absolute atomic E-state index is 0.302. The molecule has 0 heterocycles. The normalized spacial score (nSPS) is 50.8. The number of hydrogen-bond donors (Lipinski definition) is 0. The molecule has 4 atom stereocenters. The van der Waals surface area contributed by atoms with Crippen molar-refractivity contribution in [2.45, 2.75) is 72.6 Å². The van der Waals surface area contributed by atoms with Crippen molar-refractivity contribution in [2.24, 2.45) is 28.1 Å². The Labute approximate surface area is 112 Å². The van der Waals surface area contributed by atoms with Crippen LogP contribution >= 0.6 is 0 Å². The van der Waals surface area contributed by atoms with Crippen LogP contribution in [0.25, 0.3) is 0 Å². The molecule has 0 aromatic carbocycles. The van der Waals surface area contributed by atoms with Crippen LogP contribution in [-0.4, -0.2) is 5.78 Å². The minimum atomic E-state index is 0.302. The lowest BCUT2D eigenvalue weighted by molar-refractivity contribution is -0.126. The molecule has 3 rings (SSSR count). The zero-order valence-electron chi connectivity index (χ0n) is 12.5. The predicted octanol–water partition coefficient (Wildman–Crippen LogP) is 4.60. The fourth-order valence-corrected chi connectivity index (χ4v) is 5.87. The molecule has 102 valence electrons. The van der Waals surface area contributed by atoms with E-state index >= 15 is 0 Å². The summed E-state index contributed by atoms with van der Waals surface area (Å²) in [6.07, 6.45) is 8.30. The highest BCUT2D eigenvalue weighted by Crippen LogP contribution is 2.72. The largest absolute Gasteiger partial charge is 0.300 e. The molecule has 1 unspecified atom stereocenters. The Hall–Kier alpha value is -0.330. The molecule has 3 aliphatic carbocycles. The maximum Gasteiger partial charge on any atom is 0.133 e. The maximum atomic E-state index is 11.9. The molecule has 3 fully saturated rings. The molecule has 0 N–H and O–H groups in total. The Balaban J connectivity index is 1.92. The lowest BCUT2D eigenvalue weighted by Gasteiger charge is -2.49. The molecule has 0 aromatic rings. The van der Waals surface area contributed by atoms with E-state index < -0.39 is 0 Å². The Kier molecular flexibility index (Phi) is 2.55. The van der Waals surface area contributed by atoms with E-state index in [0.29, 0.717) is 22.0 Å². The standard InChI is InChI=1S/C17H28O/c1-15(2)12-7-9-17(15,4)14(10-12)16(3)8-5-6-13(18)11-16/h12,14H,5-11H2,1-4H3/t12-,14+,16?,17+/m0/s1. The van der Waals surface area contributed by atoms with Gasteiger partial charge in [0.05, 0.1) is 0 Å². The SMILES string of the molecule is CC1([C@H]2C[C@@H]3CC[C@@]2(C)C3(C)C)CCCC(=O)C1. The summed E-state index contributed by atoms with van der Waals surface area (Å²) in [5, 5.41) is 0. The van der Waals surface area contributed by atoms with E-state index in [-0.39, 0.29) is 0 Å². The second-order valence-corrected chi connectivity index (χ2v) is 8.39. The first kappa shape index (κ1) is 12.7. The first-order valence-corrected chi connectivity index (χ1v) is 7.81. The summed E-state index contributed by atoms with van der Waals surface area (Å²) in [7, 11) is 0. The fraction of sp³-hybridized carbons (Fsp3) is 0.941. The summed E-state index contributed by atoms with van der Waals surface area (Å²) in [6.45, 7) is 9.91. The summed E-state index contributed by atoms with van der Waals surface area (Å²) < 4.78 is 0. The number of carbonyl (C=O) groups is 1. The zero-order chi connectivity index (χ0) is 13.2. The number of Topliss-reactive ketones (excluding diaryl/α,β-unsaturated/α-hetero) is 1. The maximum absolute atomic E-state index is 11.9. The number of fused-ring (bicyclic) bond motifs is 2. The van der Waals surface area contributed by atoms with E-state index in [9.17, 15) is 4.79 Å². The van der Waals surface area contributed by atoms with Crippen LogP contribution in [0.3, 0.4) is 0 Å². The van der Waals surface area contributed by atoms with Crippen LogP contribution in [0.4, 0.5) is 0 Å². The van der Waals surface area contributed by atoms with Crippen molar-refractivity contribution in [1.82, 2.24) is 0 Å². The lowest BCUT2D eigenvalue weighted by atomic mass is 9.55. The van der Waals surface area contributed by atoms with Crippen molar-refractivity contribution < 1.29 is 4.79 Å². The molecule has 0 spiro atoms. The molecular weight excluding hydrogens is 220 g/mol. The van der Waals surface area contributed by atoms with Gasteiger partial charge < -0.3 is 0 Å². The number of hydrogen-bond acceptors (Lipinski definition) is 1. The van der Waals surface area contributed by atoms with Crippen molar-refractivity contribution >= 4 is 5.78 Å². The van der Waals surface area contributed by atoms with Gasteiger partial charge in [-0.05, 0) is 60.2 Å². The summed E-state index contributed by atoms with van der Waals surface area (Å²) in [5.41, 5.74) is 1.27. The van der Waals surface area contributed by atoms with Gasteiger partial charge >= 0.3 is 0 Å². The van der Waals surface area contributed by atoms with Gasteiger partial charge in [-0.25, -0.2) is 0 Å². The molecule has 0 amide bonds. The van der Waals surface area contributed by atoms with E-state index in [0.717, 1.165) is 31.1 Å². The molecule has 0 saturated heterocycles. The van der Waals surface area contributed by atoms with Gasteiger partial charge in [0.1, 0.15) is 5.78 Å². The van der Waals surface area contributed by atoms with Gasteiger partial charge in [0.2, 0.25) is 0 Å². The van der Waals surface area contributed by atoms with Crippen molar-refractivity contribution in [3.8, 4) is 0 Å². The third-order valence-corrected chi connectivity index (χ3v) is 7.44. The quantitative estimate of drug-likeness (QED) is 0.663. The van der Waals surface area contributed by atoms with Crippen molar-refractivity contribution in [1.29, 1.82) is 0 Å². The van der Waals surface area contributed by atoms with Gasteiger partial charge in [-0.15, -0.1) is 0 Å². The zero-order valence-corrected chi connectivity index (χ0v) is 12.5. The Morgan fingerprint density at radius 2 is 1.83 bits per heavy atom. The van der Waals surface area contributed by atoms with Crippen molar-refractivity contribution in [3.63, 3.8) is 0 Å². The first-order chi connectivity index (χ1) is 8.30. The highest BCUT2D eigenvalue weighted by molar-refractivity contribution is 5.79. The highest BCUT2D eigenvalue weighted by atomic mass is 16.1. The van der Waals surface area contributed by atoms with Gasteiger partial charge in [-0.1, -0.05) is 27.7 Å². The van der Waals surface area contributed by atoms with Gasteiger partial charge in [0, 0.05) is 12.8 Å². The van der Waals surface area contributed by atoms with Gasteiger partial charge in [0.15, 0.2) is 0 Å². The third kappa shape index (κ3) is 1.42. The number of rotatable bonds is 1. The molecule has 18 heavy (non-hydrogen) atoms. The predicted molar refractivity (Wildman–Crippen MR) is 74.3 cm³/mol. The Morgan fingerprint density at radius 3 is 2.33 bits per heavy atom. The van der Waals surface area contributed by atoms with Crippen LogP contribution in [0, 0.1) is 28.1 Å². The summed E-state index contributed by atoms with van der Waals surface area (Å²) >= 11 is 0. The van der Waals surface area contributed by atoms with Crippen LogP contribution in [-0.2, 0) is 4.79 Å². The smallest absolute Gasteiger partial charge is 0.133 e. The van der Waals surface area contributed by atoms with E-state index in [2.05, 4.69) is 27.7 Å². The Morgan fingerprint density at radius 1 is 1.11 bits per heavy atom. The molecule has 2 bridgehead atoms. The highest BCUT2D eigenvalue weighted by Gasteiger charge is 2.64. The van der Waals surface area contributed by atoms with Crippen molar-refractivity contribution in [3.05, 3.63) is 0 Å². The number of carbonyl (C=O) groups excluding carboxylic acids is 1. The summed E-state index contributed by atoms with van der Waals surface area (Å²) in [4.78, 5) is 11.9. The molecule has 0 aromatic heterocycles. The van der Waals surface area contributed by atoms with E-state index in [1.54, 1.807) is 0 Å². The molecule has 1 nitrogen and oxygen atoms in total. The van der Waals surface area contributed by atoms with Gasteiger partial charge in [-0.3, -0.25) is 4.79 Å². The van der Waals surface area contributed by atoms with Crippen LogP contribution in [0.1, 0.15) is 72.6 Å². The summed E-state index contributed by atoms with van der Waals surface area (Å²) in [6, 6.07) is 0. The lowest BCUT2D eigenvalue weighted by Crippen LogP contribution is -2.43. The second kappa shape index (κ2) is 3.61. The van der Waals surface area contributed by atoms with Crippen LogP contribution in [0.5, 0.6) is 0 Å². The van der Waals surface area contributed by atoms with Gasteiger partial charge in [0.25, 0.3) is 0 Å². The van der Waals surface area contributed by atoms with Crippen LogP contribution < -0.4 is 0 Å². The fourth-order valence-electron chi connectivity index (χ4n) is 5.87. The third-order valence-electron chi connectivity index (χ3n) is 7.44. The Bertz CT molecular complexity index is 383. The average molecular weight is 248 g/mol. The molecule has 3 saturated carbocycles. The van der Waals surface area contributed by atoms with E-state index in [4.69, 9.17) is 0 Å². The molecular formula is C17H28O. The van der Waals surface area contributed by atoms with Crippen LogP contribution in [0.15, 0.2) is 0 Å². The number of ketones is 1. The first-order valence-electron chi connectivity index (χ1n) is 7.81. The van der Waals surface area contributed by atoms with Gasteiger partial charge in [-0.2, -0.15) is 0 Å². The minimum Gasteiger partial charge on any atom is -0.300 e. The van der Waals surface area contributed by atoms with E-state index in [1.165, 1.54) is 25.7 Å². The monoisotopic (exact) mass is 248 g/mol. The average Bonchev–Trinajstić information content (AvgIpc) is 2.60. The van der Waals surface area contributed by atoms with E-state index in [1.807, 2.05) is 0 Å². The topological polar surface area (TPSA) is 17.1 Å². The second-order valence-electron chi connectivity index (χ2n) is 8.39. The summed E-state index contributed by atoms with van der Waals surface area (Å²) in [5.74, 6) is 2.21. The molecule has 0 aliphatic heterocycles.